The van der Waals surface area contributed by atoms with Gasteiger partial charge >= 0.3 is 6.03 Å². The van der Waals surface area contributed by atoms with Crippen LogP contribution in [0.1, 0.15) is 32.1 Å². The Morgan fingerprint density at radius 1 is 1.22 bits per heavy atom. The average molecular weight is 369 g/mol. The van der Waals surface area contributed by atoms with E-state index in [4.69, 9.17) is 0 Å². The van der Waals surface area contributed by atoms with E-state index in [1.54, 1.807) is 15.9 Å². The van der Waals surface area contributed by atoms with Crippen molar-refractivity contribution in [2.45, 2.75) is 44.2 Å². The third kappa shape index (κ3) is 4.12. The Hall–Kier alpha value is -2.45. The summed E-state index contributed by atoms with van der Waals surface area (Å²) in [6.45, 7) is 0.692. The molecule has 0 radical (unpaired) electrons. The summed E-state index contributed by atoms with van der Waals surface area (Å²) in [5.41, 5.74) is 8.52. The predicted molar refractivity (Wildman–Crippen MR) is 103 cm³/mol. The Labute approximate surface area is 159 Å². The molecule has 0 bridgehead atoms. The number of hydrogen-bond donors (Lipinski definition) is 3. The highest BCUT2D eigenvalue weighted by atomic mass is 16.2. The summed E-state index contributed by atoms with van der Waals surface area (Å²) >= 11 is 0. The Kier molecular flexibility index (Phi) is 5.35. The number of carbonyl (C=O) groups excluding carboxylic acids is 1. The van der Waals surface area contributed by atoms with Crippen molar-refractivity contribution in [3.05, 3.63) is 36.9 Å². The van der Waals surface area contributed by atoms with Gasteiger partial charge in [-0.1, -0.05) is 19.3 Å². The third-order valence-corrected chi connectivity index (χ3v) is 5.66. The molecule has 2 aromatic rings. The van der Waals surface area contributed by atoms with Crippen molar-refractivity contribution in [2.75, 3.05) is 18.9 Å². The minimum atomic E-state index is -0.0950. The molecule has 27 heavy (non-hydrogen) atoms. The molecule has 1 aliphatic heterocycles. The summed E-state index contributed by atoms with van der Waals surface area (Å²) in [5.74, 6) is 0.602. The minimum absolute atomic E-state index is 0.0950. The number of fused-ring (bicyclic) bond motifs is 1. The molecule has 1 aromatic heterocycles. The standard InChI is InChI=1S/C19H27N7O/c1-25(11-18-16-5-3-2-4-6-17(16)23-24-18)19(27)22-14-7-9-15(10-8-14)26-13-20-12-21-26/h7-10,12-13,16-18,23-24H,2-6,11H2,1H3,(H,22,27). The van der Waals surface area contributed by atoms with Gasteiger partial charge in [-0.25, -0.2) is 14.5 Å². The van der Waals surface area contributed by atoms with Crippen LogP contribution in [0.25, 0.3) is 5.69 Å². The van der Waals surface area contributed by atoms with E-state index in [1.165, 1.54) is 38.4 Å². The fourth-order valence-corrected chi connectivity index (χ4v) is 4.14. The third-order valence-electron chi connectivity index (χ3n) is 5.66. The number of aromatic nitrogens is 3. The number of urea groups is 1. The number of nitrogens with zero attached hydrogens (tertiary/aromatic N) is 4. The Morgan fingerprint density at radius 3 is 2.81 bits per heavy atom. The zero-order valence-electron chi connectivity index (χ0n) is 15.6. The van der Waals surface area contributed by atoms with Gasteiger partial charge in [-0.05, 0) is 43.0 Å². The lowest BCUT2D eigenvalue weighted by Gasteiger charge is -2.26. The molecule has 2 amide bonds. The topological polar surface area (TPSA) is 87.1 Å². The lowest BCUT2D eigenvalue weighted by molar-refractivity contribution is 0.212. The maximum atomic E-state index is 12.6. The van der Waals surface area contributed by atoms with Gasteiger partial charge in [0.15, 0.2) is 0 Å². The van der Waals surface area contributed by atoms with Crippen molar-refractivity contribution < 1.29 is 4.79 Å². The van der Waals surface area contributed by atoms with Crippen molar-refractivity contribution in [1.29, 1.82) is 0 Å². The van der Waals surface area contributed by atoms with Crippen LogP contribution in [-0.4, -0.2) is 51.4 Å². The zero-order chi connectivity index (χ0) is 18.6. The molecule has 2 heterocycles. The molecule has 3 unspecified atom stereocenters. The van der Waals surface area contributed by atoms with Crippen LogP contribution in [0.2, 0.25) is 0 Å². The first-order valence-corrected chi connectivity index (χ1v) is 9.69. The molecule has 144 valence electrons. The van der Waals surface area contributed by atoms with Crippen LogP contribution in [0, 0.1) is 5.92 Å². The fraction of sp³-hybridized carbons (Fsp3) is 0.526. The summed E-state index contributed by atoms with van der Waals surface area (Å²) < 4.78 is 1.68. The Morgan fingerprint density at radius 2 is 2.04 bits per heavy atom. The second-order valence-corrected chi connectivity index (χ2v) is 7.50. The van der Waals surface area contributed by atoms with Crippen LogP contribution in [0.15, 0.2) is 36.9 Å². The van der Waals surface area contributed by atoms with Crippen LogP contribution >= 0.6 is 0 Å². The molecular weight excluding hydrogens is 342 g/mol. The lowest BCUT2D eigenvalue weighted by atomic mass is 9.90. The second-order valence-electron chi connectivity index (χ2n) is 7.50. The van der Waals surface area contributed by atoms with Gasteiger partial charge < -0.3 is 10.2 Å². The first kappa shape index (κ1) is 17.9. The molecule has 1 saturated carbocycles. The number of nitrogens with one attached hydrogen (secondary N) is 3. The van der Waals surface area contributed by atoms with Gasteiger partial charge in [0.05, 0.1) is 5.69 Å². The van der Waals surface area contributed by atoms with Crippen molar-refractivity contribution in [3.8, 4) is 5.69 Å². The Bertz CT molecular complexity index is 746. The van der Waals surface area contributed by atoms with Crippen LogP contribution in [0.5, 0.6) is 0 Å². The molecule has 3 N–H and O–H groups in total. The van der Waals surface area contributed by atoms with Crippen LogP contribution < -0.4 is 16.2 Å². The predicted octanol–water partition coefficient (Wildman–Crippen LogP) is 2.16. The molecule has 3 atom stereocenters. The molecule has 8 nitrogen and oxygen atoms in total. The number of rotatable bonds is 4. The molecule has 0 spiro atoms. The number of hydrogen-bond acceptors (Lipinski definition) is 5. The van der Waals surface area contributed by atoms with Gasteiger partial charge in [0.1, 0.15) is 12.7 Å². The van der Waals surface area contributed by atoms with E-state index in [2.05, 4.69) is 26.3 Å². The van der Waals surface area contributed by atoms with Crippen molar-refractivity contribution >= 4 is 11.7 Å². The van der Waals surface area contributed by atoms with Crippen molar-refractivity contribution in [3.63, 3.8) is 0 Å². The van der Waals surface area contributed by atoms with E-state index in [9.17, 15) is 4.79 Å². The highest BCUT2D eigenvalue weighted by Gasteiger charge is 2.37. The van der Waals surface area contributed by atoms with E-state index < -0.39 is 0 Å². The molecule has 1 aromatic carbocycles. The second kappa shape index (κ2) is 8.06. The summed E-state index contributed by atoms with van der Waals surface area (Å²) in [7, 11) is 1.85. The molecule has 8 heteroatoms. The Balaban J connectivity index is 1.32. The summed E-state index contributed by atoms with van der Waals surface area (Å²) in [6, 6.07) is 8.31. The van der Waals surface area contributed by atoms with E-state index in [0.717, 1.165) is 11.4 Å². The van der Waals surface area contributed by atoms with Gasteiger partial charge in [-0.15, -0.1) is 0 Å². The highest BCUT2D eigenvalue weighted by Crippen LogP contribution is 2.29. The first-order chi connectivity index (χ1) is 13.2. The molecule has 2 aliphatic rings. The van der Waals surface area contributed by atoms with Gasteiger partial charge in [0, 0.05) is 31.4 Å². The van der Waals surface area contributed by atoms with Crippen LogP contribution in [-0.2, 0) is 0 Å². The highest BCUT2D eigenvalue weighted by molar-refractivity contribution is 5.89. The number of carbonyl (C=O) groups is 1. The monoisotopic (exact) mass is 369 g/mol. The fourth-order valence-electron chi connectivity index (χ4n) is 4.14. The van der Waals surface area contributed by atoms with Gasteiger partial charge in [0.25, 0.3) is 0 Å². The largest absolute Gasteiger partial charge is 0.326 e. The van der Waals surface area contributed by atoms with Gasteiger partial charge in [0.2, 0.25) is 0 Å². The molecule has 1 saturated heterocycles. The maximum absolute atomic E-state index is 12.6. The smallest absolute Gasteiger partial charge is 0.321 e. The van der Waals surface area contributed by atoms with Crippen molar-refractivity contribution in [1.82, 2.24) is 30.5 Å². The summed E-state index contributed by atoms with van der Waals surface area (Å²) in [4.78, 5) is 18.3. The quantitative estimate of drug-likeness (QED) is 0.769. The van der Waals surface area contributed by atoms with Gasteiger partial charge in [-0.2, -0.15) is 5.10 Å². The normalized spacial score (nSPS) is 24.9. The summed E-state index contributed by atoms with van der Waals surface area (Å²) in [5, 5.41) is 7.07. The number of hydrazine groups is 1. The lowest BCUT2D eigenvalue weighted by Crippen LogP contribution is -2.44. The number of amides is 2. The number of anilines is 1. The average Bonchev–Trinajstić information content (AvgIpc) is 3.28. The number of benzene rings is 1. The van der Waals surface area contributed by atoms with Crippen LogP contribution in [0.4, 0.5) is 10.5 Å². The molecular formula is C19H27N7O. The summed E-state index contributed by atoms with van der Waals surface area (Å²) in [6.07, 6.45) is 9.50. The van der Waals surface area contributed by atoms with Crippen LogP contribution in [0.3, 0.4) is 0 Å². The van der Waals surface area contributed by atoms with E-state index in [1.807, 2.05) is 31.3 Å². The molecule has 2 fully saturated rings. The SMILES string of the molecule is CN(CC1NNC2CCCCCC21)C(=O)Nc1ccc(-n2cncn2)cc1. The van der Waals surface area contributed by atoms with E-state index in [-0.39, 0.29) is 6.03 Å². The first-order valence-electron chi connectivity index (χ1n) is 9.69. The van der Waals surface area contributed by atoms with Gasteiger partial charge in [-0.3, -0.25) is 10.9 Å². The zero-order valence-corrected chi connectivity index (χ0v) is 15.6. The maximum Gasteiger partial charge on any atom is 0.321 e. The van der Waals surface area contributed by atoms with E-state index in [0.29, 0.717) is 24.5 Å². The minimum Gasteiger partial charge on any atom is -0.326 e. The van der Waals surface area contributed by atoms with Crippen molar-refractivity contribution in [2.24, 2.45) is 5.92 Å². The van der Waals surface area contributed by atoms with E-state index >= 15 is 0 Å². The number of likely N-dealkylation sites (N-methyl/N-ethyl adjacent to an activating group) is 1. The molecule has 4 rings (SSSR count). The molecule has 1 aliphatic carbocycles.